The van der Waals surface area contributed by atoms with Gasteiger partial charge in [-0.15, -0.1) is 10.2 Å². The predicted molar refractivity (Wildman–Crippen MR) is 57.0 cm³/mol. The first-order chi connectivity index (χ1) is 7.09. The summed E-state index contributed by atoms with van der Waals surface area (Å²) < 4.78 is 0. The first-order valence-corrected chi connectivity index (χ1v) is 4.49. The molecule has 0 spiro atoms. The molecular weight excluding hydrogens is 216 g/mol. The zero-order valence-electron chi connectivity index (χ0n) is 8.04. The largest absolute Gasteiger partial charge is 0.381 e. The molecule has 0 fully saturated rings. The highest BCUT2D eigenvalue weighted by atomic mass is 35.5. The van der Waals surface area contributed by atoms with Crippen molar-refractivity contribution in [3.05, 3.63) is 16.8 Å². The molecule has 0 radical (unpaired) electrons. The Labute approximate surface area is 92.0 Å². The number of carbonyl (C=O) groups is 1. The summed E-state index contributed by atoms with van der Waals surface area (Å²) >= 11 is 5.61. The van der Waals surface area contributed by atoms with Crippen LogP contribution >= 0.6 is 11.6 Å². The Kier molecular flexibility index (Phi) is 3.89. The van der Waals surface area contributed by atoms with E-state index < -0.39 is 0 Å². The molecule has 1 aromatic rings. The summed E-state index contributed by atoms with van der Waals surface area (Å²) in [6.07, 6.45) is 0. The van der Waals surface area contributed by atoms with Gasteiger partial charge in [0.15, 0.2) is 11.0 Å². The molecular formula is C9H9ClN4O. The van der Waals surface area contributed by atoms with Gasteiger partial charge in [0, 0.05) is 6.92 Å². The number of amides is 1. The van der Waals surface area contributed by atoms with Crippen LogP contribution in [0.25, 0.3) is 0 Å². The summed E-state index contributed by atoms with van der Waals surface area (Å²) in [6.45, 7) is 1.68. The minimum Gasteiger partial charge on any atom is -0.381 e. The highest BCUT2D eigenvalue weighted by molar-refractivity contribution is 6.29. The monoisotopic (exact) mass is 224 g/mol. The van der Waals surface area contributed by atoms with Crippen molar-refractivity contribution >= 4 is 23.3 Å². The third-order valence-electron chi connectivity index (χ3n) is 1.44. The van der Waals surface area contributed by atoms with Gasteiger partial charge < -0.3 is 11.1 Å². The van der Waals surface area contributed by atoms with E-state index in [1.807, 2.05) is 0 Å². The fourth-order valence-electron chi connectivity index (χ4n) is 0.786. The van der Waals surface area contributed by atoms with E-state index in [-0.39, 0.29) is 23.4 Å². The summed E-state index contributed by atoms with van der Waals surface area (Å²) in [5.41, 5.74) is 6.01. The van der Waals surface area contributed by atoms with E-state index >= 15 is 0 Å². The quantitative estimate of drug-likeness (QED) is 0.668. The van der Waals surface area contributed by atoms with Gasteiger partial charge in [-0.2, -0.15) is 0 Å². The van der Waals surface area contributed by atoms with Crippen LogP contribution in [-0.4, -0.2) is 22.6 Å². The lowest BCUT2D eigenvalue weighted by atomic mass is 10.3. The number of halogens is 1. The molecule has 1 amide bonds. The van der Waals surface area contributed by atoms with Crippen LogP contribution < -0.4 is 11.1 Å². The van der Waals surface area contributed by atoms with Gasteiger partial charge in [-0.05, 0) is 6.07 Å². The van der Waals surface area contributed by atoms with Crippen LogP contribution in [0.5, 0.6) is 0 Å². The standard InChI is InChI=1S/C9H9ClN4O/c1-6(15)12-4-2-3-7-5-8(10)13-14-9(7)11/h5H,4H2,1H3,(H2,11,14)(H,12,15). The van der Waals surface area contributed by atoms with Gasteiger partial charge in [-0.3, -0.25) is 4.79 Å². The maximum absolute atomic E-state index is 10.5. The van der Waals surface area contributed by atoms with Crippen molar-refractivity contribution in [2.24, 2.45) is 0 Å². The predicted octanol–water partition coefficient (Wildman–Crippen LogP) is 0.200. The first kappa shape index (κ1) is 11.3. The van der Waals surface area contributed by atoms with Gasteiger partial charge in [0.25, 0.3) is 0 Å². The molecule has 5 nitrogen and oxygen atoms in total. The number of nitrogens with zero attached hydrogens (tertiary/aromatic N) is 2. The van der Waals surface area contributed by atoms with Gasteiger partial charge in [-0.1, -0.05) is 23.4 Å². The SMILES string of the molecule is CC(=O)NCC#Cc1cc(Cl)nnc1N. The second kappa shape index (κ2) is 5.17. The molecule has 3 N–H and O–H groups in total. The number of aromatic nitrogens is 2. The van der Waals surface area contributed by atoms with Crippen LogP contribution in [0.4, 0.5) is 5.82 Å². The fourth-order valence-corrected chi connectivity index (χ4v) is 0.933. The van der Waals surface area contributed by atoms with Crippen LogP contribution in [0.3, 0.4) is 0 Å². The average molecular weight is 225 g/mol. The number of hydrogen-bond donors (Lipinski definition) is 2. The van der Waals surface area contributed by atoms with Crippen molar-refractivity contribution in [2.75, 3.05) is 12.3 Å². The van der Waals surface area contributed by atoms with Crippen molar-refractivity contribution < 1.29 is 4.79 Å². The third kappa shape index (κ3) is 3.83. The lowest BCUT2D eigenvalue weighted by Gasteiger charge is -1.95. The van der Waals surface area contributed by atoms with Gasteiger partial charge in [0.1, 0.15) is 0 Å². The lowest BCUT2D eigenvalue weighted by molar-refractivity contribution is -0.118. The van der Waals surface area contributed by atoms with Crippen molar-refractivity contribution in [3.63, 3.8) is 0 Å². The van der Waals surface area contributed by atoms with Crippen LogP contribution in [0.2, 0.25) is 5.15 Å². The van der Waals surface area contributed by atoms with Gasteiger partial charge >= 0.3 is 0 Å². The molecule has 1 aromatic heterocycles. The van der Waals surface area contributed by atoms with Crippen molar-refractivity contribution in [1.82, 2.24) is 15.5 Å². The highest BCUT2D eigenvalue weighted by Gasteiger charge is 1.98. The van der Waals surface area contributed by atoms with E-state index in [0.717, 1.165) is 0 Å². The van der Waals surface area contributed by atoms with Crippen LogP contribution in [0.15, 0.2) is 6.07 Å². The minimum atomic E-state index is -0.136. The first-order valence-electron chi connectivity index (χ1n) is 4.11. The number of rotatable bonds is 1. The van der Waals surface area contributed by atoms with Gasteiger partial charge in [0.2, 0.25) is 5.91 Å². The number of nitrogens with two attached hydrogens (primary N) is 1. The molecule has 1 heterocycles. The maximum Gasteiger partial charge on any atom is 0.217 e. The smallest absolute Gasteiger partial charge is 0.217 e. The van der Waals surface area contributed by atoms with E-state index in [9.17, 15) is 4.79 Å². The second-order valence-corrected chi connectivity index (χ2v) is 3.06. The Balaban J connectivity index is 2.71. The molecule has 0 aliphatic rings. The van der Waals surface area contributed by atoms with Crippen LogP contribution in [0, 0.1) is 11.8 Å². The number of anilines is 1. The summed E-state index contributed by atoms with van der Waals surface area (Å²) in [6, 6.07) is 1.52. The van der Waals surface area contributed by atoms with Gasteiger partial charge in [-0.25, -0.2) is 0 Å². The van der Waals surface area contributed by atoms with E-state index in [0.29, 0.717) is 5.56 Å². The molecule has 0 atom stereocenters. The average Bonchev–Trinajstić information content (AvgIpc) is 2.17. The van der Waals surface area contributed by atoms with Crippen molar-refractivity contribution in [3.8, 4) is 11.8 Å². The minimum absolute atomic E-state index is 0.136. The molecule has 0 aromatic carbocycles. The van der Waals surface area contributed by atoms with E-state index in [1.165, 1.54) is 13.0 Å². The zero-order chi connectivity index (χ0) is 11.3. The molecule has 78 valence electrons. The number of nitrogens with one attached hydrogen (secondary N) is 1. The maximum atomic E-state index is 10.5. The normalized spacial score (nSPS) is 8.93. The molecule has 0 unspecified atom stereocenters. The molecule has 1 rings (SSSR count). The molecule has 15 heavy (non-hydrogen) atoms. The van der Waals surface area contributed by atoms with E-state index in [4.69, 9.17) is 17.3 Å². The Morgan fingerprint density at radius 2 is 2.40 bits per heavy atom. The summed E-state index contributed by atoms with van der Waals surface area (Å²) in [7, 11) is 0. The summed E-state index contributed by atoms with van der Waals surface area (Å²) in [4.78, 5) is 10.5. The Bertz CT molecular complexity index is 435. The Morgan fingerprint density at radius 3 is 3.07 bits per heavy atom. The van der Waals surface area contributed by atoms with E-state index in [2.05, 4.69) is 27.4 Å². The Hall–Kier alpha value is -1.80. The Morgan fingerprint density at radius 1 is 1.67 bits per heavy atom. The molecule has 0 bridgehead atoms. The topological polar surface area (TPSA) is 80.9 Å². The van der Waals surface area contributed by atoms with Gasteiger partial charge in [0.05, 0.1) is 12.1 Å². The zero-order valence-corrected chi connectivity index (χ0v) is 8.80. The number of carbonyl (C=O) groups excluding carboxylic acids is 1. The fraction of sp³-hybridized carbons (Fsp3) is 0.222. The highest BCUT2D eigenvalue weighted by Crippen LogP contribution is 2.10. The molecule has 0 saturated carbocycles. The van der Waals surface area contributed by atoms with Crippen molar-refractivity contribution in [1.29, 1.82) is 0 Å². The molecule has 0 aliphatic heterocycles. The van der Waals surface area contributed by atoms with Crippen molar-refractivity contribution in [2.45, 2.75) is 6.92 Å². The number of nitrogen functional groups attached to an aromatic ring is 1. The van der Waals surface area contributed by atoms with E-state index in [1.54, 1.807) is 0 Å². The van der Waals surface area contributed by atoms with Crippen LogP contribution in [-0.2, 0) is 4.79 Å². The summed E-state index contributed by atoms with van der Waals surface area (Å²) in [5, 5.41) is 9.90. The van der Waals surface area contributed by atoms with Crippen LogP contribution in [0.1, 0.15) is 12.5 Å². The second-order valence-electron chi connectivity index (χ2n) is 2.68. The summed E-state index contributed by atoms with van der Waals surface area (Å²) in [5.74, 6) is 5.53. The number of hydrogen-bond acceptors (Lipinski definition) is 4. The third-order valence-corrected chi connectivity index (χ3v) is 1.63. The molecule has 0 saturated heterocycles. The molecule has 6 heteroatoms. The lowest BCUT2D eigenvalue weighted by Crippen LogP contribution is -2.19. The molecule has 0 aliphatic carbocycles.